The van der Waals surface area contributed by atoms with Crippen LogP contribution in [0.15, 0.2) is 85.1 Å². The number of nitrogens with two attached hydrogens (primary N) is 1. The fraction of sp³-hybridized carbons (Fsp3) is 0.422. The van der Waals surface area contributed by atoms with Crippen LogP contribution in [0, 0.1) is 5.92 Å². The van der Waals surface area contributed by atoms with Gasteiger partial charge in [-0.05, 0) is 78.8 Å². The lowest BCUT2D eigenvalue weighted by Crippen LogP contribution is -2.62. The third kappa shape index (κ3) is 12.6. The number of para-hydroxylation sites is 1. The molecular formula is C45H58N8O7S. The van der Waals surface area contributed by atoms with Gasteiger partial charge < -0.3 is 47.3 Å². The summed E-state index contributed by atoms with van der Waals surface area (Å²) in [6.45, 7) is 3.87. The third-order valence-electron chi connectivity index (χ3n) is 11.0. The summed E-state index contributed by atoms with van der Waals surface area (Å²) in [6.07, 6.45) is 3.11. The standard InChI is InChI=1S/C45H58N8O7S/c1-27(2)39-44(59)51-37(24-28-11-5-4-6-12-28)45(60)53(3)38(20-22-61)43(58)50-35(23-29-16-18-31(54)19-17-29)41(56)49-36(25-30-26-47-33-14-8-7-13-32(30)33)42(57)48-34(40(55)52-39)15-9-10-21-46/h4-8,11-14,16-19,26-27,34-39,47,54,61H,9-10,15,20-25,46H2,1-3H3,(H,48,57)(H,49,56)(H,50,58)(H,51,59)(H,52,55)/t34-,35-,36-,37-,38+,39-/m0/s1. The molecule has 0 spiro atoms. The van der Waals surface area contributed by atoms with Gasteiger partial charge in [-0.1, -0.05) is 74.5 Å². The highest BCUT2D eigenvalue weighted by atomic mass is 32.1. The first-order valence-electron chi connectivity index (χ1n) is 20.8. The number of amides is 6. The van der Waals surface area contributed by atoms with Crippen molar-refractivity contribution in [1.82, 2.24) is 36.5 Å². The maximum Gasteiger partial charge on any atom is 0.245 e. The third-order valence-corrected chi connectivity index (χ3v) is 11.2. The lowest BCUT2D eigenvalue weighted by atomic mass is 9.98. The second-order valence-corrected chi connectivity index (χ2v) is 16.3. The highest BCUT2D eigenvalue weighted by Crippen LogP contribution is 2.21. The van der Waals surface area contributed by atoms with Crippen molar-refractivity contribution < 1.29 is 33.9 Å². The molecule has 9 N–H and O–H groups in total. The van der Waals surface area contributed by atoms with Gasteiger partial charge in [0.2, 0.25) is 35.4 Å². The number of phenols is 1. The maximum absolute atomic E-state index is 14.5. The highest BCUT2D eigenvalue weighted by Gasteiger charge is 2.38. The summed E-state index contributed by atoms with van der Waals surface area (Å²) in [7, 11) is 1.46. The number of likely N-dealkylation sites (N-methyl/N-ethyl adjacent to an activating group) is 1. The molecular weight excluding hydrogens is 797 g/mol. The van der Waals surface area contributed by atoms with Gasteiger partial charge in [0.25, 0.3) is 0 Å². The second-order valence-electron chi connectivity index (χ2n) is 15.9. The quantitative estimate of drug-likeness (QED) is 0.0715. The van der Waals surface area contributed by atoms with E-state index in [-0.39, 0.29) is 43.6 Å². The lowest BCUT2D eigenvalue weighted by Gasteiger charge is -2.33. The number of carbonyl (C=O) groups is 6. The largest absolute Gasteiger partial charge is 0.508 e. The molecule has 61 heavy (non-hydrogen) atoms. The molecule has 16 heteroatoms. The molecule has 1 aliphatic rings. The van der Waals surface area contributed by atoms with Gasteiger partial charge in [-0.15, -0.1) is 0 Å². The number of rotatable bonds is 13. The molecule has 0 unspecified atom stereocenters. The summed E-state index contributed by atoms with van der Waals surface area (Å²) in [6, 6.07) is 15.7. The van der Waals surface area contributed by atoms with Crippen molar-refractivity contribution in [2.45, 2.75) is 95.0 Å². The van der Waals surface area contributed by atoms with Crippen molar-refractivity contribution in [3.63, 3.8) is 0 Å². The number of H-pyrrole nitrogens is 1. The van der Waals surface area contributed by atoms with Crippen LogP contribution in [-0.4, -0.2) is 106 Å². The molecule has 3 aromatic carbocycles. The van der Waals surface area contributed by atoms with Gasteiger partial charge >= 0.3 is 0 Å². The van der Waals surface area contributed by atoms with Gasteiger partial charge in [0.15, 0.2) is 0 Å². The Hall–Kier alpha value is -5.87. The molecule has 6 amide bonds. The number of hydrogen-bond acceptors (Lipinski definition) is 9. The van der Waals surface area contributed by atoms with E-state index in [1.54, 1.807) is 32.2 Å². The van der Waals surface area contributed by atoms with Crippen molar-refractivity contribution in [3.8, 4) is 5.75 Å². The van der Waals surface area contributed by atoms with Crippen LogP contribution in [0.1, 0.15) is 56.2 Å². The predicted octanol–water partition coefficient (Wildman–Crippen LogP) is 2.27. The van der Waals surface area contributed by atoms with Gasteiger partial charge in [0, 0.05) is 43.4 Å². The van der Waals surface area contributed by atoms with E-state index in [2.05, 4.69) is 44.2 Å². The Balaban J connectivity index is 1.60. The average molecular weight is 855 g/mol. The van der Waals surface area contributed by atoms with Crippen LogP contribution in [0.3, 0.4) is 0 Å². The Morgan fingerprint density at radius 1 is 0.656 bits per heavy atom. The molecule has 2 heterocycles. The van der Waals surface area contributed by atoms with Crippen molar-refractivity contribution in [3.05, 3.63) is 102 Å². The predicted molar refractivity (Wildman–Crippen MR) is 236 cm³/mol. The summed E-state index contributed by atoms with van der Waals surface area (Å²) in [5.41, 5.74) is 8.67. The number of nitrogens with one attached hydrogen (secondary N) is 6. The van der Waals surface area contributed by atoms with E-state index in [1.165, 1.54) is 24.1 Å². The minimum atomic E-state index is -1.27. The van der Waals surface area contributed by atoms with Crippen LogP contribution in [-0.2, 0) is 48.0 Å². The molecule has 0 radical (unpaired) electrons. The molecule has 0 saturated carbocycles. The van der Waals surface area contributed by atoms with Crippen LogP contribution in [0.2, 0.25) is 0 Å². The monoisotopic (exact) mass is 854 g/mol. The van der Waals surface area contributed by atoms with E-state index in [0.29, 0.717) is 24.9 Å². The van der Waals surface area contributed by atoms with Crippen LogP contribution in [0.4, 0.5) is 0 Å². The van der Waals surface area contributed by atoms with E-state index in [0.717, 1.165) is 22.0 Å². The zero-order chi connectivity index (χ0) is 44.1. The first kappa shape index (κ1) is 46.2. The Morgan fingerprint density at radius 2 is 1.23 bits per heavy atom. The van der Waals surface area contributed by atoms with Gasteiger partial charge in [0.05, 0.1) is 0 Å². The van der Waals surface area contributed by atoms with Gasteiger partial charge in [-0.25, -0.2) is 0 Å². The van der Waals surface area contributed by atoms with E-state index >= 15 is 0 Å². The minimum absolute atomic E-state index is 0.00769. The van der Waals surface area contributed by atoms with Crippen LogP contribution in [0.5, 0.6) is 5.75 Å². The van der Waals surface area contributed by atoms with Crippen LogP contribution >= 0.6 is 12.6 Å². The Morgan fingerprint density at radius 3 is 1.90 bits per heavy atom. The number of hydrogen-bond donors (Lipinski definition) is 9. The highest BCUT2D eigenvalue weighted by molar-refractivity contribution is 7.80. The second kappa shape index (κ2) is 22.1. The number of thiol groups is 1. The summed E-state index contributed by atoms with van der Waals surface area (Å²) >= 11 is 4.40. The molecule has 1 fully saturated rings. The number of phenolic OH excluding ortho intramolecular Hbond substituents is 1. The number of aromatic hydroxyl groups is 1. The summed E-state index contributed by atoms with van der Waals surface area (Å²) < 4.78 is 0. The molecule has 1 aliphatic heterocycles. The fourth-order valence-corrected chi connectivity index (χ4v) is 7.75. The first-order chi connectivity index (χ1) is 29.3. The SMILES string of the molecule is CC(C)[C@@H]1NC(=O)[C@H](CCCCN)NC(=O)[C@H](Cc2c[nH]c3ccccc23)NC(=O)[C@H](Cc2ccc(O)cc2)NC(=O)[C@@H](CCS)N(C)C(=O)[C@H](Cc2ccccc2)NC1=O. The lowest BCUT2D eigenvalue weighted by molar-refractivity contribution is -0.143. The Kier molecular flexibility index (Phi) is 16.7. The first-order valence-corrected chi connectivity index (χ1v) is 21.4. The molecule has 1 saturated heterocycles. The molecule has 326 valence electrons. The number of nitrogens with zero attached hydrogens (tertiary/aromatic N) is 1. The summed E-state index contributed by atoms with van der Waals surface area (Å²) in [4.78, 5) is 90.8. The van der Waals surface area contributed by atoms with Crippen molar-refractivity contribution in [2.24, 2.45) is 11.7 Å². The van der Waals surface area contributed by atoms with Crippen molar-refractivity contribution in [1.29, 1.82) is 0 Å². The molecule has 0 bridgehead atoms. The molecule has 6 atom stereocenters. The van der Waals surface area contributed by atoms with Crippen molar-refractivity contribution in [2.75, 3.05) is 19.3 Å². The number of unbranched alkanes of at least 4 members (excludes halogenated alkanes) is 1. The fourth-order valence-electron chi connectivity index (χ4n) is 7.50. The van der Waals surface area contributed by atoms with Crippen molar-refractivity contribution >= 4 is 59.0 Å². The summed E-state index contributed by atoms with van der Waals surface area (Å²) in [5, 5.41) is 25.1. The summed E-state index contributed by atoms with van der Waals surface area (Å²) in [5.74, 6) is -4.05. The topological polar surface area (TPSA) is 228 Å². The zero-order valence-corrected chi connectivity index (χ0v) is 35.8. The van der Waals surface area contributed by atoms with Gasteiger partial charge in [0.1, 0.15) is 42.0 Å². The van der Waals surface area contributed by atoms with Gasteiger partial charge in [-0.2, -0.15) is 12.6 Å². The molecule has 1 aromatic heterocycles. The number of carbonyl (C=O) groups excluding carboxylic acids is 6. The number of fused-ring (bicyclic) bond motifs is 1. The van der Waals surface area contributed by atoms with E-state index in [9.17, 15) is 33.9 Å². The van der Waals surface area contributed by atoms with E-state index < -0.39 is 77.6 Å². The number of aromatic nitrogens is 1. The molecule has 0 aliphatic carbocycles. The van der Waals surface area contributed by atoms with E-state index in [1.807, 2.05) is 54.6 Å². The number of aromatic amines is 1. The smallest absolute Gasteiger partial charge is 0.245 e. The molecule has 4 aromatic rings. The Bertz CT molecular complexity index is 2130. The number of benzene rings is 3. The van der Waals surface area contributed by atoms with Gasteiger partial charge in [-0.3, -0.25) is 28.8 Å². The Labute approximate surface area is 361 Å². The molecule has 15 nitrogen and oxygen atoms in total. The van der Waals surface area contributed by atoms with Crippen LogP contribution < -0.4 is 32.3 Å². The maximum atomic E-state index is 14.5. The van der Waals surface area contributed by atoms with Crippen LogP contribution in [0.25, 0.3) is 10.9 Å². The molecule has 5 rings (SSSR count). The zero-order valence-electron chi connectivity index (χ0n) is 34.9. The average Bonchev–Trinajstić information content (AvgIpc) is 3.66. The van der Waals surface area contributed by atoms with E-state index in [4.69, 9.17) is 5.73 Å². The normalized spacial score (nSPS) is 22.5. The minimum Gasteiger partial charge on any atom is -0.508 e.